The Morgan fingerprint density at radius 3 is 2.56 bits per heavy atom. The van der Waals surface area contributed by atoms with Crippen LogP contribution in [0.25, 0.3) is 0 Å². The van der Waals surface area contributed by atoms with E-state index in [0.717, 1.165) is 46.3 Å². The van der Waals surface area contributed by atoms with Gasteiger partial charge in [-0.3, -0.25) is 15.1 Å². The molecular formula is C17H24N6O2S2. The van der Waals surface area contributed by atoms with Crippen molar-refractivity contribution in [3.63, 3.8) is 0 Å². The Balaban J connectivity index is 1.61. The maximum Gasteiger partial charge on any atom is 0.274 e. The third-order valence-electron chi connectivity index (χ3n) is 3.51. The van der Waals surface area contributed by atoms with Gasteiger partial charge in [-0.25, -0.2) is 4.98 Å². The molecule has 146 valence electrons. The molecule has 0 aromatic carbocycles. The zero-order valence-corrected chi connectivity index (χ0v) is 16.8. The number of hydrogen-bond donors (Lipinski definition) is 3. The van der Waals surface area contributed by atoms with Crippen molar-refractivity contribution in [3.8, 4) is 0 Å². The highest BCUT2D eigenvalue weighted by Gasteiger charge is 2.04. The minimum Gasteiger partial charge on any atom is -0.366 e. The summed E-state index contributed by atoms with van der Waals surface area (Å²) >= 11 is 3.48. The number of hydrogen-bond acceptors (Lipinski definition) is 8. The molecule has 3 N–H and O–H groups in total. The van der Waals surface area contributed by atoms with Crippen LogP contribution in [0.4, 0.5) is 0 Å². The summed E-state index contributed by atoms with van der Waals surface area (Å²) in [6, 6.07) is 5.85. The molecule has 0 fully saturated rings. The number of imidazole rings is 1. The lowest BCUT2D eigenvalue weighted by molar-refractivity contribution is -0.404. The molecule has 0 aliphatic carbocycles. The van der Waals surface area contributed by atoms with Crippen molar-refractivity contribution in [2.24, 2.45) is 0 Å². The molecule has 0 saturated heterocycles. The SMILES string of the molecule is Cc1nc[nH]c1CSCCNC(=C[N+](=O)[O-])NCCSCc1ccccn1. The molecule has 0 amide bonds. The number of nitrogens with zero attached hydrogens (tertiary/aromatic N) is 3. The van der Waals surface area contributed by atoms with Gasteiger partial charge in [-0.15, -0.1) is 0 Å². The Morgan fingerprint density at radius 1 is 1.22 bits per heavy atom. The second-order valence-electron chi connectivity index (χ2n) is 5.57. The van der Waals surface area contributed by atoms with E-state index in [1.54, 1.807) is 36.0 Å². The van der Waals surface area contributed by atoms with Crippen molar-refractivity contribution in [2.45, 2.75) is 18.4 Å². The van der Waals surface area contributed by atoms with Crippen molar-refractivity contribution < 1.29 is 4.92 Å². The molecule has 27 heavy (non-hydrogen) atoms. The number of nitro groups is 1. The van der Waals surface area contributed by atoms with Gasteiger partial charge in [0, 0.05) is 48.0 Å². The topological polar surface area (TPSA) is 109 Å². The van der Waals surface area contributed by atoms with Crippen LogP contribution in [-0.2, 0) is 11.5 Å². The van der Waals surface area contributed by atoms with Crippen LogP contribution in [0.15, 0.2) is 42.7 Å². The van der Waals surface area contributed by atoms with Gasteiger partial charge in [-0.2, -0.15) is 23.5 Å². The minimum absolute atomic E-state index is 0.441. The molecule has 0 saturated carbocycles. The van der Waals surface area contributed by atoms with Crippen molar-refractivity contribution in [3.05, 3.63) is 69.9 Å². The number of rotatable bonds is 13. The highest BCUT2D eigenvalue weighted by molar-refractivity contribution is 7.98. The average molecular weight is 409 g/mol. The molecule has 0 bridgehead atoms. The van der Waals surface area contributed by atoms with Crippen LogP contribution in [0.3, 0.4) is 0 Å². The quantitative estimate of drug-likeness (QED) is 0.264. The summed E-state index contributed by atoms with van der Waals surface area (Å²) in [6.07, 6.45) is 4.45. The number of aromatic nitrogens is 3. The van der Waals surface area contributed by atoms with Gasteiger partial charge in [0.05, 0.1) is 22.6 Å². The normalized spacial score (nSPS) is 11.4. The van der Waals surface area contributed by atoms with E-state index in [1.807, 2.05) is 25.1 Å². The van der Waals surface area contributed by atoms with E-state index >= 15 is 0 Å². The van der Waals surface area contributed by atoms with E-state index in [2.05, 4.69) is 25.6 Å². The summed E-state index contributed by atoms with van der Waals surface area (Å²) in [7, 11) is 0. The van der Waals surface area contributed by atoms with E-state index in [0.29, 0.717) is 18.9 Å². The Kier molecular flexibility index (Phi) is 9.56. The maximum absolute atomic E-state index is 10.8. The van der Waals surface area contributed by atoms with E-state index in [-0.39, 0.29) is 0 Å². The lowest BCUT2D eigenvalue weighted by atomic mass is 10.4. The van der Waals surface area contributed by atoms with E-state index < -0.39 is 4.92 Å². The Morgan fingerprint density at radius 2 is 1.96 bits per heavy atom. The molecule has 0 radical (unpaired) electrons. The first-order valence-corrected chi connectivity index (χ1v) is 10.8. The summed E-state index contributed by atoms with van der Waals surface area (Å²) in [5, 5.41) is 17.0. The van der Waals surface area contributed by atoms with Crippen molar-refractivity contribution >= 4 is 23.5 Å². The van der Waals surface area contributed by atoms with Gasteiger partial charge in [0.2, 0.25) is 0 Å². The van der Waals surface area contributed by atoms with Gasteiger partial charge in [0.15, 0.2) is 5.82 Å². The molecular weight excluding hydrogens is 384 g/mol. The largest absolute Gasteiger partial charge is 0.366 e. The molecule has 0 unspecified atom stereocenters. The summed E-state index contributed by atoms with van der Waals surface area (Å²) in [6.45, 7) is 3.26. The van der Waals surface area contributed by atoms with Gasteiger partial charge in [0.25, 0.3) is 6.20 Å². The van der Waals surface area contributed by atoms with Gasteiger partial charge in [0.1, 0.15) is 0 Å². The second-order valence-corrected chi connectivity index (χ2v) is 7.78. The molecule has 2 aromatic rings. The zero-order chi connectivity index (χ0) is 19.3. The smallest absolute Gasteiger partial charge is 0.274 e. The molecule has 0 spiro atoms. The Labute approximate surface area is 167 Å². The predicted octanol–water partition coefficient (Wildman–Crippen LogP) is 2.53. The average Bonchev–Trinajstić information content (AvgIpc) is 3.06. The lowest BCUT2D eigenvalue weighted by Gasteiger charge is -2.11. The first-order valence-electron chi connectivity index (χ1n) is 8.52. The van der Waals surface area contributed by atoms with Crippen molar-refractivity contribution in [1.82, 2.24) is 25.6 Å². The second kappa shape index (κ2) is 12.2. The number of aryl methyl sites for hydroxylation is 1. The number of thioether (sulfide) groups is 2. The number of pyridine rings is 1. The van der Waals surface area contributed by atoms with Gasteiger partial charge in [-0.05, 0) is 19.1 Å². The molecule has 0 aliphatic heterocycles. The summed E-state index contributed by atoms with van der Waals surface area (Å²) in [4.78, 5) is 21.9. The maximum atomic E-state index is 10.8. The van der Waals surface area contributed by atoms with Crippen molar-refractivity contribution in [2.75, 3.05) is 24.6 Å². The first kappa shape index (κ1) is 21.1. The minimum atomic E-state index is -0.447. The van der Waals surface area contributed by atoms with Crippen LogP contribution in [0.2, 0.25) is 0 Å². The van der Waals surface area contributed by atoms with Gasteiger partial charge in [-0.1, -0.05) is 6.07 Å². The summed E-state index contributed by atoms with van der Waals surface area (Å²) in [5.74, 6) is 3.79. The lowest BCUT2D eigenvalue weighted by Crippen LogP contribution is -2.30. The highest BCUT2D eigenvalue weighted by Crippen LogP contribution is 2.12. The summed E-state index contributed by atoms with van der Waals surface area (Å²) < 4.78 is 0. The van der Waals surface area contributed by atoms with Gasteiger partial charge < -0.3 is 15.6 Å². The molecule has 8 nitrogen and oxygen atoms in total. The van der Waals surface area contributed by atoms with E-state index in [9.17, 15) is 10.1 Å². The number of nitrogens with one attached hydrogen (secondary N) is 3. The monoisotopic (exact) mass is 408 g/mol. The van der Waals surface area contributed by atoms with Crippen molar-refractivity contribution in [1.29, 1.82) is 0 Å². The zero-order valence-electron chi connectivity index (χ0n) is 15.2. The van der Waals surface area contributed by atoms with Crippen LogP contribution in [0, 0.1) is 17.0 Å². The fraction of sp³-hybridized carbons (Fsp3) is 0.412. The molecule has 0 aliphatic rings. The van der Waals surface area contributed by atoms with E-state index in [4.69, 9.17) is 0 Å². The summed E-state index contributed by atoms with van der Waals surface area (Å²) in [5.41, 5.74) is 3.16. The molecule has 2 rings (SSSR count). The molecule has 10 heteroatoms. The van der Waals surface area contributed by atoms with Crippen LogP contribution < -0.4 is 10.6 Å². The number of H-pyrrole nitrogens is 1. The number of aromatic amines is 1. The molecule has 0 atom stereocenters. The Bertz CT molecular complexity index is 723. The van der Waals surface area contributed by atoms with E-state index in [1.165, 1.54) is 0 Å². The third-order valence-corrected chi connectivity index (χ3v) is 5.49. The third kappa shape index (κ3) is 8.83. The van der Waals surface area contributed by atoms with Gasteiger partial charge >= 0.3 is 0 Å². The molecule has 2 aromatic heterocycles. The van der Waals surface area contributed by atoms with Crippen LogP contribution in [0.5, 0.6) is 0 Å². The first-order chi connectivity index (χ1) is 13.1. The highest BCUT2D eigenvalue weighted by atomic mass is 32.2. The molecule has 2 heterocycles. The Hall–Kier alpha value is -2.20. The predicted molar refractivity (Wildman–Crippen MR) is 111 cm³/mol. The van der Waals surface area contributed by atoms with Crippen LogP contribution in [0.1, 0.15) is 17.1 Å². The fourth-order valence-corrected chi connectivity index (χ4v) is 3.80. The fourth-order valence-electron chi connectivity index (χ4n) is 2.14. The van der Waals surface area contributed by atoms with Crippen LogP contribution >= 0.6 is 23.5 Å². The standard InChI is InChI=1S/C17H24N6O2S2/c1-14-16(22-13-21-14)12-27-9-7-20-17(10-23(24)25)19-6-8-26-11-15-4-2-3-5-18-15/h2-5,10,13,19-20H,6-9,11-12H2,1H3,(H,21,22). The van der Waals surface area contributed by atoms with Crippen LogP contribution in [-0.4, -0.2) is 44.5 Å².